The standard InChI is InChI=1S/C20H28N2O2.2H2/c23-19-20(9-1-2-11-22(19)18-4-3-5-18)10-8-16-12-15(14-21-24)6-7-17(16)13-20;;/h6-7,12,18,21,24H,1-5,8-11,13-14H2;2*1H. The number of hydrogen-bond donors (Lipinski definition) is 2. The minimum absolute atomic E-state index is 0. The first-order valence-electron chi connectivity index (χ1n) is 9.51. The van der Waals surface area contributed by atoms with Crippen LogP contribution >= 0.6 is 0 Å². The number of nitrogens with one attached hydrogen (secondary N) is 1. The summed E-state index contributed by atoms with van der Waals surface area (Å²) in [6, 6.07) is 6.96. The van der Waals surface area contributed by atoms with Crippen molar-refractivity contribution in [2.75, 3.05) is 6.54 Å². The Labute approximate surface area is 147 Å². The fraction of sp³-hybridized carbons (Fsp3) is 0.650. The largest absolute Gasteiger partial charge is 0.339 e. The van der Waals surface area contributed by atoms with Gasteiger partial charge in [-0.1, -0.05) is 24.6 Å². The summed E-state index contributed by atoms with van der Waals surface area (Å²) in [5.74, 6) is 0.441. The predicted molar refractivity (Wildman–Crippen MR) is 97.0 cm³/mol. The van der Waals surface area contributed by atoms with E-state index in [9.17, 15) is 4.79 Å². The Morgan fingerprint density at radius 3 is 2.83 bits per heavy atom. The quantitative estimate of drug-likeness (QED) is 0.830. The summed E-state index contributed by atoms with van der Waals surface area (Å²) in [6.45, 7) is 1.45. The van der Waals surface area contributed by atoms with Crippen molar-refractivity contribution in [1.82, 2.24) is 10.4 Å². The van der Waals surface area contributed by atoms with Gasteiger partial charge in [0.15, 0.2) is 0 Å². The molecule has 2 N–H and O–H groups in total. The Morgan fingerprint density at radius 2 is 2.08 bits per heavy atom. The highest BCUT2D eigenvalue weighted by atomic mass is 16.5. The summed E-state index contributed by atoms with van der Waals surface area (Å²) >= 11 is 0. The second kappa shape index (κ2) is 6.49. The molecule has 1 aromatic rings. The zero-order valence-electron chi connectivity index (χ0n) is 14.4. The molecule has 1 heterocycles. The first-order valence-corrected chi connectivity index (χ1v) is 9.51. The summed E-state index contributed by atoms with van der Waals surface area (Å²) in [6.07, 6.45) is 9.95. The van der Waals surface area contributed by atoms with Crippen molar-refractivity contribution in [3.05, 3.63) is 34.9 Å². The highest BCUT2D eigenvalue weighted by molar-refractivity contribution is 5.84. The van der Waals surface area contributed by atoms with Crippen LogP contribution in [0.15, 0.2) is 18.2 Å². The van der Waals surface area contributed by atoms with Crippen molar-refractivity contribution in [1.29, 1.82) is 0 Å². The molecule has 1 atom stereocenters. The van der Waals surface area contributed by atoms with Crippen LogP contribution in [0.2, 0.25) is 0 Å². The topological polar surface area (TPSA) is 52.6 Å². The number of hydrogen-bond acceptors (Lipinski definition) is 3. The van der Waals surface area contributed by atoms with Gasteiger partial charge in [-0.15, -0.1) is 0 Å². The van der Waals surface area contributed by atoms with Crippen LogP contribution in [-0.4, -0.2) is 28.6 Å². The molecular formula is C20H32N2O2. The molecule has 4 nitrogen and oxygen atoms in total. The number of benzene rings is 1. The normalized spacial score (nSPS) is 27.7. The lowest BCUT2D eigenvalue weighted by atomic mass is 9.68. The number of fused-ring (bicyclic) bond motifs is 1. The first-order chi connectivity index (χ1) is 11.7. The van der Waals surface area contributed by atoms with Gasteiger partial charge < -0.3 is 10.1 Å². The van der Waals surface area contributed by atoms with E-state index in [4.69, 9.17) is 5.21 Å². The monoisotopic (exact) mass is 332 g/mol. The van der Waals surface area contributed by atoms with Crippen LogP contribution in [0.5, 0.6) is 0 Å². The number of nitrogens with zero attached hydrogens (tertiary/aromatic N) is 1. The maximum Gasteiger partial charge on any atom is 0.229 e. The van der Waals surface area contributed by atoms with E-state index in [0.717, 1.165) is 44.2 Å². The second-order valence-corrected chi connectivity index (χ2v) is 7.94. The molecule has 3 aliphatic rings. The lowest BCUT2D eigenvalue weighted by Crippen LogP contribution is -2.51. The molecule has 1 unspecified atom stereocenters. The van der Waals surface area contributed by atoms with Gasteiger partial charge in [-0.25, -0.2) is 5.48 Å². The van der Waals surface area contributed by atoms with Crippen LogP contribution in [0, 0.1) is 5.41 Å². The molecule has 0 bridgehead atoms. The van der Waals surface area contributed by atoms with Crippen LogP contribution in [0.4, 0.5) is 0 Å². The van der Waals surface area contributed by atoms with Gasteiger partial charge in [-0.3, -0.25) is 4.79 Å². The third-order valence-electron chi connectivity index (χ3n) is 6.49. The van der Waals surface area contributed by atoms with Gasteiger partial charge in [0, 0.05) is 22.0 Å². The molecule has 1 amide bonds. The molecule has 4 heteroatoms. The highest BCUT2D eigenvalue weighted by Gasteiger charge is 2.46. The fourth-order valence-electron chi connectivity index (χ4n) is 4.81. The third-order valence-corrected chi connectivity index (χ3v) is 6.49. The Hall–Kier alpha value is -1.39. The fourth-order valence-corrected chi connectivity index (χ4v) is 4.81. The molecule has 0 aromatic heterocycles. The van der Waals surface area contributed by atoms with E-state index in [1.54, 1.807) is 0 Å². The summed E-state index contributed by atoms with van der Waals surface area (Å²) in [5.41, 5.74) is 5.88. The summed E-state index contributed by atoms with van der Waals surface area (Å²) in [5, 5.41) is 8.90. The van der Waals surface area contributed by atoms with E-state index < -0.39 is 0 Å². The lowest BCUT2D eigenvalue weighted by molar-refractivity contribution is -0.146. The van der Waals surface area contributed by atoms with Gasteiger partial charge in [0.25, 0.3) is 0 Å². The molecule has 1 aliphatic heterocycles. The molecule has 2 aliphatic carbocycles. The maximum atomic E-state index is 13.4. The minimum Gasteiger partial charge on any atom is -0.339 e. The van der Waals surface area contributed by atoms with E-state index >= 15 is 0 Å². The molecule has 1 spiro atoms. The van der Waals surface area contributed by atoms with Crippen LogP contribution < -0.4 is 5.48 Å². The average Bonchev–Trinajstić information content (AvgIpc) is 2.68. The van der Waals surface area contributed by atoms with Crippen LogP contribution in [0.1, 0.15) is 64.5 Å². The van der Waals surface area contributed by atoms with Gasteiger partial charge >= 0.3 is 0 Å². The Kier molecular flexibility index (Phi) is 4.35. The number of amides is 1. The number of aryl methyl sites for hydroxylation is 1. The molecule has 2 fully saturated rings. The van der Waals surface area contributed by atoms with Gasteiger partial charge in [-0.05, 0) is 68.1 Å². The molecule has 4 rings (SSSR count). The summed E-state index contributed by atoms with van der Waals surface area (Å²) in [7, 11) is 0. The van der Waals surface area contributed by atoms with Crippen molar-refractivity contribution >= 4 is 5.91 Å². The van der Waals surface area contributed by atoms with Crippen molar-refractivity contribution in [3.8, 4) is 0 Å². The van der Waals surface area contributed by atoms with E-state index in [2.05, 4.69) is 28.6 Å². The van der Waals surface area contributed by atoms with Crippen molar-refractivity contribution in [2.24, 2.45) is 5.41 Å². The zero-order chi connectivity index (χ0) is 16.6. The van der Waals surface area contributed by atoms with Crippen molar-refractivity contribution in [3.63, 3.8) is 0 Å². The highest BCUT2D eigenvalue weighted by Crippen LogP contribution is 2.44. The van der Waals surface area contributed by atoms with Crippen LogP contribution in [0.25, 0.3) is 0 Å². The molecular weight excluding hydrogens is 300 g/mol. The zero-order valence-corrected chi connectivity index (χ0v) is 14.4. The van der Waals surface area contributed by atoms with Gasteiger partial charge in [-0.2, -0.15) is 0 Å². The Morgan fingerprint density at radius 1 is 1.21 bits per heavy atom. The number of carbonyl (C=O) groups excluding carboxylic acids is 1. The van der Waals surface area contributed by atoms with E-state index in [1.807, 2.05) is 0 Å². The summed E-state index contributed by atoms with van der Waals surface area (Å²) < 4.78 is 0. The Balaban J connectivity index is 0.00000121. The molecule has 1 saturated heterocycles. The number of carbonyl (C=O) groups is 1. The number of rotatable bonds is 3. The van der Waals surface area contributed by atoms with Gasteiger partial charge in [0.2, 0.25) is 5.91 Å². The lowest BCUT2D eigenvalue weighted by Gasteiger charge is -2.44. The molecule has 24 heavy (non-hydrogen) atoms. The van der Waals surface area contributed by atoms with Gasteiger partial charge in [0.1, 0.15) is 0 Å². The minimum atomic E-state index is -0.157. The average molecular weight is 332 g/mol. The molecule has 134 valence electrons. The van der Waals surface area contributed by atoms with Crippen LogP contribution in [-0.2, 0) is 24.2 Å². The van der Waals surface area contributed by atoms with E-state index in [0.29, 0.717) is 18.5 Å². The predicted octanol–water partition coefficient (Wildman–Crippen LogP) is 3.70. The van der Waals surface area contributed by atoms with E-state index in [-0.39, 0.29) is 8.27 Å². The third kappa shape index (κ3) is 2.76. The maximum absolute atomic E-state index is 13.4. The number of hydroxylamine groups is 1. The molecule has 1 aromatic carbocycles. The molecule has 0 radical (unpaired) electrons. The Bertz CT molecular complexity index is 636. The van der Waals surface area contributed by atoms with Crippen molar-refractivity contribution < 1.29 is 12.9 Å². The summed E-state index contributed by atoms with van der Waals surface area (Å²) in [4.78, 5) is 15.7. The smallest absolute Gasteiger partial charge is 0.229 e. The van der Waals surface area contributed by atoms with Gasteiger partial charge in [0.05, 0.1) is 5.41 Å². The van der Waals surface area contributed by atoms with Crippen LogP contribution in [0.3, 0.4) is 0 Å². The van der Waals surface area contributed by atoms with Crippen molar-refractivity contribution in [2.45, 2.75) is 70.4 Å². The molecule has 1 saturated carbocycles. The second-order valence-electron chi connectivity index (χ2n) is 7.94. The SMILES string of the molecule is O=C1N(C2CCC2)CCCCC12CCc1cc(CNO)ccc1C2.[HH].[HH]. The number of likely N-dealkylation sites (tertiary alicyclic amines) is 1. The van der Waals surface area contributed by atoms with E-state index in [1.165, 1.54) is 36.8 Å². The first kappa shape index (κ1) is 16.1.